The van der Waals surface area contributed by atoms with E-state index in [1.165, 1.54) is 17.2 Å². The molecule has 2 aromatic heterocycles. The minimum atomic E-state index is -4.78. The molecule has 1 saturated carbocycles. The van der Waals surface area contributed by atoms with Crippen molar-refractivity contribution in [1.29, 1.82) is 0 Å². The third-order valence-corrected chi connectivity index (χ3v) is 19.4. The number of nitrogens with zero attached hydrogens (tertiary/aromatic N) is 6. The van der Waals surface area contributed by atoms with Crippen molar-refractivity contribution in [2.24, 2.45) is 17.1 Å². The van der Waals surface area contributed by atoms with Crippen molar-refractivity contribution in [3.63, 3.8) is 0 Å². The summed E-state index contributed by atoms with van der Waals surface area (Å²) < 4.78 is 57.2. The van der Waals surface area contributed by atoms with E-state index in [0.29, 0.717) is 75.0 Å². The Labute approximate surface area is 430 Å². The van der Waals surface area contributed by atoms with Crippen LogP contribution in [0.1, 0.15) is 85.8 Å². The number of rotatable bonds is 11. The number of morpholine rings is 1. The summed E-state index contributed by atoms with van der Waals surface area (Å²) in [6, 6.07) is 19.0. The van der Waals surface area contributed by atoms with E-state index in [-0.39, 0.29) is 87.1 Å². The van der Waals surface area contributed by atoms with Crippen LogP contribution in [0.4, 0.5) is 28.4 Å². The average Bonchev–Trinajstić information content (AvgIpc) is 4.23. The van der Waals surface area contributed by atoms with Gasteiger partial charge in [-0.1, -0.05) is 36.4 Å². The third kappa shape index (κ3) is 8.08. The second-order valence-corrected chi connectivity index (χ2v) is 24.0. The number of aromatic amines is 1. The number of anilines is 4. The Morgan fingerprint density at radius 2 is 1.82 bits per heavy atom. The van der Waals surface area contributed by atoms with Crippen LogP contribution < -0.4 is 30.3 Å². The van der Waals surface area contributed by atoms with Gasteiger partial charge in [-0.05, 0) is 99.2 Å². The highest BCUT2D eigenvalue weighted by molar-refractivity contribution is 7.91. The first-order valence-electron chi connectivity index (χ1n) is 26.4. The van der Waals surface area contributed by atoms with Gasteiger partial charge in [0.15, 0.2) is 11.4 Å². The van der Waals surface area contributed by atoms with E-state index in [1.807, 2.05) is 17.0 Å². The smallest absolute Gasteiger partial charge is 0.297 e. The molecule has 74 heavy (non-hydrogen) atoms. The monoisotopic (exact) mass is 1030 g/mol. The summed E-state index contributed by atoms with van der Waals surface area (Å²) in [6.07, 6.45) is 9.22. The van der Waals surface area contributed by atoms with Crippen LogP contribution in [0.15, 0.2) is 83.2 Å². The predicted octanol–water partition coefficient (Wildman–Crippen LogP) is 7.60. The minimum Gasteiger partial charge on any atom is -0.489 e. The van der Waals surface area contributed by atoms with Crippen LogP contribution in [0, 0.1) is 21.4 Å². The van der Waals surface area contributed by atoms with Crippen molar-refractivity contribution in [2.75, 3.05) is 80.8 Å². The van der Waals surface area contributed by atoms with Crippen molar-refractivity contribution in [3.05, 3.63) is 100 Å². The minimum absolute atomic E-state index is 0.0273. The molecule has 4 N–H and O–H groups in total. The van der Waals surface area contributed by atoms with Crippen LogP contribution in [0.3, 0.4) is 0 Å². The van der Waals surface area contributed by atoms with E-state index < -0.39 is 26.4 Å². The molecule has 5 aromatic rings. The topological polar surface area (TPSA) is 211 Å². The molecule has 19 heteroatoms. The zero-order chi connectivity index (χ0) is 50.6. The molecule has 2 bridgehead atoms. The number of likely N-dealkylation sites (tertiary alicyclic amines) is 2. The number of hydrogen-bond donors (Lipinski definition) is 3. The number of ether oxygens (including phenoxy) is 4. The molecule has 3 aromatic carbocycles. The fourth-order valence-corrected chi connectivity index (χ4v) is 15.6. The maximum Gasteiger partial charge on any atom is 0.297 e. The number of fused-ring (bicyclic) bond motifs is 6. The number of nitro groups is 1. The molecule has 18 nitrogen and oxygen atoms in total. The second-order valence-electron chi connectivity index (χ2n) is 22.1. The molecular formula is C55H63N9O9S. The molecule has 9 heterocycles. The lowest BCUT2D eigenvalue weighted by Gasteiger charge is -2.56. The fourth-order valence-electron chi connectivity index (χ4n) is 13.9. The highest BCUT2D eigenvalue weighted by Gasteiger charge is 2.51. The number of nitrogens with one attached hydrogen (secondary N) is 2. The van der Waals surface area contributed by atoms with Gasteiger partial charge in [0.1, 0.15) is 28.9 Å². The molecule has 13 rings (SSSR count). The van der Waals surface area contributed by atoms with Crippen molar-refractivity contribution in [1.82, 2.24) is 19.8 Å². The molecule has 7 aliphatic heterocycles. The first-order valence-corrected chi connectivity index (χ1v) is 27.8. The van der Waals surface area contributed by atoms with Gasteiger partial charge in [-0.3, -0.25) is 24.7 Å². The molecule has 6 fully saturated rings. The average molecular weight is 1030 g/mol. The van der Waals surface area contributed by atoms with Crippen molar-refractivity contribution >= 4 is 60.8 Å². The Hall–Kier alpha value is -6.25. The Kier molecular flexibility index (Phi) is 11.7. The Morgan fingerprint density at radius 3 is 2.59 bits per heavy atom. The normalized spacial score (nSPS) is 26.6. The fraction of sp³-hybridized carbons (Fsp3) is 0.491. The number of hydrogen-bond acceptors (Lipinski definition) is 15. The van der Waals surface area contributed by atoms with Crippen molar-refractivity contribution in [2.45, 2.75) is 104 Å². The van der Waals surface area contributed by atoms with Gasteiger partial charge in [0.25, 0.3) is 11.6 Å². The van der Waals surface area contributed by atoms with E-state index >= 15 is 8.42 Å². The quantitative estimate of drug-likeness (QED) is 0.0859. The van der Waals surface area contributed by atoms with E-state index in [2.05, 4.69) is 62.8 Å². The van der Waals surface area contributed by atoms with Crippen LogP contribution in [0.25, 0.3) is 16.6 Å². The van der Waals surface area contributed by atoms with Gasteiger partial charge in [0.05, 0.1) is 58.7 Å². The van der Waals surface area contributed by atoms with Crippen LogP contribution in [-0.2, 0) is 19.3 Å². The van der Waals surface area contributed by atoms with Gasteiger partial charge in [-0.2, -0.15) is 4.98 Å². The lowest BCUT2D eigenvalue weighted by atomic mass is 9.59. The summed E-state index contributed by atoms with van der Waals surface area (Å²) >= 11 is 0. The van der Waals surface area contributed by atoms with Gasteiger partial charge in [0, 0.05) is 86.9 Å². The highest BCUT2D eigenvalue weighted by Crippen LogP contribution is 2.56. The third-order valence-electron chi connectivity index (χ3n) is 17.6. The number of H-pyrrole nitrogens is 1. The molecule has 0 radical (unpaired) electrons. The van der Waals surface area contributed by atoms with E-state index in [1.54, 1.807) is 18.3 Å². The number of allylic oxidation sites excluding steroid dienone is 1. The highest BCUT2D eigenvalue weighted by atomic mass is 32.2. The molecule has 0 unspecified atom stereocenters. The molecule has 1 amide bonds. The Balaban J connectivity index is 0.888. The maximum absolute atomic E-state index is 16.2. The Bertz CT molecular complexity index is 3200. The summed E-state index contributed by atoms with van der Waals surface area (Å²) in [6.45, 7) is 11.7. The first kappa shape index (κ1) is 47.5. The largest absolute Gasteiger partial charge is 0.489 e. The van der Waals surface area contributed by atoms with E-state index in [4.69, 9.17) is 29.7 Å². The molecule has 1 spiro atoms. The summed E-state index contributed by atoms with van der Waals surface area (Å²) in [5, 5.41) is 17.2. The van der Waals surface area contributed by atoms with Crippen LogP contribution in [-0.4, -0.2) is 135 Å². The summed E-state index contributed by atoms with van der Waals surface area (Å²) in [4.78, 5) is 43.1. The van der Waals surface area contributed by atoms with E-state index in [9.17, 15) is 14.9 Å². The molecule has 8 aliphatic rings. The number of amides is 1. The van der Waals surface area contributed by atoms with Crippen molar-refractivity contribution in [3.8, 4) is 11.6 Å². The standard InChI is InChI=1S/C55H63N9O9S/c1-32(2)40-6-3-4-7-41(40)43-8-5-16-62(43)37-24-55(25-37)13-17-60(18-14-55)44-10-9-42(52(56)65)50(63-26-34-29-70-19-12-47(34)73-54-46(63)20-33-11-15-57-53(33)59-54)51(44)74(68,69)39-22-45(64(66)67)49-48(23-39)72-30-35(58-49)27-61-28-38-21-36(61)31-71-38/h3-4,6-7,9-11,15,20,22-23,34-38,43,47,58H,1,5,8,12-14,16-19,21,24-31H2,2H3,(H2,56,65)(H,57,59)/t34-,35+,36+,38+,43-,47-/m0/s1. The van der Waals surface area contributed by atoms with Crippen LogP contribution >= 0.6 is 0 Å². The van der Waals surface area contributed by atoms with Gasteiger partial charge < -0.3 is 44.8 Å². The number of pyridine rings is 1. The van der Waals surface area contributed by atoms with Gasteiger partial charge >= 0.3 is 0 Å². The number of aromatic nitrogens is 2. The van der Waals surface area contributed by atoms with Gasteiger partial charge in [0.2, 0.25) is 15.7 Å². The summed E-state index contributed by atoms with van der Waals surface area (Å²) in [5.74, 6) is -0.762. The van der Waals surface area contributed by atoms with Crippen LogP contribution in [0.5, 0.6) is 11.6 Å². The number of carbonyl (C=O) groups excluding carboxylic acids is 1. The lowest BCUT2D eigenvalue weighted by molar-refractivity contribution is -0.384. The maximum atomic E-state index is 16.2. The van der Waals surface area contributed by atoms with Crippen LogP contribution in [0.2, 0.25) is 0 Å². The van der Waals surface area contributed by atoms with Gasteiger partial charge in [-0.25, -0.2) is 8.42 Å². The first-order chi connectivity index (χ1) is 35.8. The second kappa shape index (κ2) is 18.2. The lowest BCUT2D eigenvalue weighted by Crippen LogP contribution is -2.55. The number of benzene rings is 3. The zero-order valence-electron chi connectivity index (χ0n) is 41.7. The number of primary amides is 1. The number of nitro benzene ring substituents is 1. The molecule has 6 atom stereocenters. The van der Waals surface area contributed by atoms with E-state index in [0.717, 1.165) is 75.1 Å². The number of nitrogens with two attached hydrogens (primary N) is 1. The van der Waals surface area contributed by atoms with Gasteiger partial charge in [-0.15, -0.1) is 0 Å². The molecule has 388 valence electrons. The summed E-state index contributed by atoms with van der Waals surface area (Å²) in [7, 11) is -4.78. The number of carbonyl (C=O) groups is 1. The molecule has 1 aliphatic carbocycles. The molecular weight excluding hydrogens is 963 g/mol. The Morgan fingerprint density at radius 1 is 0.986 bits per heavy atom. The number of sulfone groups is 1. The predicted molar refractivity (Wildman–Crippen MR) is 279 cm³/mol. The van der Waals surface area contributed by atoms with Crippen molar-refractivity contribution < 1.29 is 37.1 Å². The molecule has 5 saturated heterocycles. The summed E-state index contributed by atoms with van der Waals surface area (Å²) in [5.41, 5.74) is 11.2. The zero-order valence-corrected chi connectivity index (χ0v) is 42.5. The number of piperidine rings is 1. The SMILES string of the molecule is C=C(C)c1ccccc1[C@@H]1CCCN1C1CC2(CCN(c3ccc(C(N)=O)c(N4C[C@H]5COCC[C@@H]5Oc5nc6[nH]ccc6cc54)c3S(=O)(=O)c3cc4c(c([N+](=O)[O-])c3)N[C@H](CN3C[C@H]5C[C@@H]3CO5)CO4)CC2)C1.